The number of amides is 2. The lowest BCUT2D eigenvalue weighted by atomic mass is 10.1. The average molecular weight is 425 g/mol. The second-order valence-electron chi connectivity index (χ2n) is 5.97. The summed E-state index contributed by atoms with van der Waals surface area (Å²) in [7, 11) is 1.60. The molecule has 1 unspecified atom stereocenters. The Labute approximate surface area is 174 Å². The summed E-state index contributed by atoms with van der Waals surface area (Å²) < 4.78 is 10.6. The van der Waals surface area contributed by atoms with Gasteiger partial charge in [-0.25, -0.2) is 0 Å². The predicted molar refractivity (Wildman–Crippen MR) is 110 cm³/mol. The van der Waals surface area contributed by atoms with Gasteiger partial charge in [-0.05, 0) is 43.7 Å². The van der Waals surface area contributed by atoms with Gasteiger partial charge in [-0.3, -0.25) is 9.59 Å². The minimum Gasteiger partial charge on any atom is -0.479 e. The van der Waals surface area contributed by atoms with Crippen molar-refractivity contribution in [2.24, 2.45) is 0 Å². The van der Waals surface area contributed by atoms with Gasteiger partial charge in [0, 0.05) is 25.3 Å². The number of ether oxygens (including phenoxy) is 2. The molecule has 0 aliphatic heterocycles. The van der Waals surface area contributed by atoms with Crippen molar-refractivity contribution < 1.29 is 19.1 Å². The first kappa shape index (κ1) is 22.0. The molecule has 6 nitrogen and oxygen atoms in total. The highest BCUT2D eigenvalue weighted by atomic mass is 35.5. The molecule has 2 amide bonds. The molecule has 150 valence electrons. The first-order valence-electron chi connectivity index (χ1n) is 8.71. The van der Waals surface area contributed by atoms with Crippen LogP contribution in [0.3, 0.4) is 0 Å². The number of carbonyl (C=O) groups is 2. The van der Waals surface area contributed by atoms with Crippen LogP contribution in [0.15, 0.2) is 42.5 Å². The molecule has 0 spiro atoms. The van der Waals surface area contributed by atoms with Crippen molar-refractivity contribution in [3.63, 3.8) is 0 Å². The molecule has 0 radical (unpaired) electrons. The first-order chi connectivity index (χ1) is 13.4. The maximum absolute atomic E-state index is 12.5. The van der Waals surface area contributed by atoms with Gasteiger partial charge in [-0.1, -0.05) is 35.3 Å². The summed E-state index contributed by atoms with van der Waals surface area (Å²) in [5.74, 6) is -0.343. The van der Waals surface area contributed by atoms with Gasteiger partial charge in [0.25, 0.3) is 11.8 Å². The molecular formula is C20H22Cl2N2O4. The summed E-state index contributed by atoms with van der Waals surface area (Å²) in [6.45, 7) is 2.62. The van der Waals surface area contributed by atoms with Crippen LogP contribution in [0.4, 0.5) is 5.69 Å². The van der Waals surface area contributed by atoms with E-state index in [1.54, 1.807) is 50.4 Å². The van der Waals surface area contributed by atoms with Gasteiger partial charge >= 0.3 is 0 Å². The van der Waals surface area contributed by atoms with Gasteiger partial charge in [-0.2, -0.15) is 0 Å². The maximum Gasteiger partial charge on any atom is 0.265 e. The highest BCUT2D eigenvalue weighted by Crippen LogP contribution is 2.28. The standard InChI is InChI=1S/C20H22Cl2N2O4/c1-13(28-18-9-8-14(21)12-16(18)22)19(25)24-17-7-4-3-6-15(17)20(26)23-10-5-11-27-2/h3-4,6-9,12-13H,5,10-11H2,1-2H3,(H,23,26)(H,24,25). The zero-order chi connectivity index (χ0) is 20.5. The van der Waals surface area contributed by atoms with Crippen LogP contribution in [-0.2, 0) is 9.53 Å². The molecule has 2 rings (SSSR count). The van der Waals surface area contributed by atoms with Gasteiger partial charge < -0.3 is 20.1 Å². The fraction of sp³-hybridized carbons (Fsp3) is 0.300. The van der Waals surface area contributed by atoms with Crippen molar-refractivity contribution in [1.29, 1.82) is 0 Å². The lowest BCUT2D eigenvalue weighted by molar-refractivity contribution is -0.122. The van der Waals surface area contributed by atoms with Crippen LogP contribution in [0.2, 0.25) is 10.0 Å². The highest BCUT2D eigenvalue weighted by molar-refractivity contribution is 6.35. The number of methoxy groups -OCH3 is 1. The van der Waals surface area contributed by atoms with E-state index in [1.807, 2.05) is 0 Å². The molecule has 0 aliphatic carbocycles. The molecular weight excluding hydrogens is 403 g/mol. The Morgan fingerprint density at radius 2 is 1.89 bits per heavy atom. The smallest absolute Gasteiger partial charge is 0.265 e. The van der Waals surface area contributed by atoms with Gasteiger partial charge in [0.15, 0.2) is 6.10 Å². The van der Waals surface area contributed by atoms with Crippen molar-refractivity contribution in [1.82, 2.24) is 5.32 Å². The molecule has 2 aromatic rings. The van der Waals surface area contributed by atoms with Crippen LogP contribution in [0.25, 0.3) is 0 Å². The van der Waals surface area contributed by atoms with Crippen LogP contribution in [0, 0.1) is 0 Å². The predicted octanol–water partition coefficient (Wildman–Crippen LogP) is 4.17. The normalized spacial score (nSPS) is 11.6. The van der Waals surface area contributed by atoms with E-state index >= 15 is 0 Å². The molecule has 0 saturated heterocycles. The van der Waals surface area contributed by atoms with Crippen LogP contribution < -0.4 is 15.4 Å². The van der Waals surface area contributed by atoms with Gasteiger partial charge in [-0.15, -0.1) is 0 Å². The molecule has 0 aromatic heterocycles. The second kappa shape index (κ2) is 10.9. The summed E-state index contributed by atoms with van der Waals surface area (Å²) in [5, 5.41) is 6.30. The monoisotopic (exact) mass is 424 g/mol. The molecule has 28 heavy (non-hydrogen) atoms. The Balaban J connectivity index is 2.02. The molecule has 2 N–H and O–H groups in total. The number of halogens is 2. The number of para-hydroxylation sites is 1. The molecule has 0 aliphatic rings. The lowest BCUT2D eigenvalue weighted by Gasteiger charge is -2.17. The average Bonchev–Trinajstić information content (AvgIpc) is 2.67. The maximum atomic E-state index is 12.5. The molecule has 1 atom stereocenters. The van der Waals surface area contributed by atoms with E-state index in [4.69, 9.17) is 32.7 Å². The zero-order valence-electron chi connectivity index (χ0n) is 15.6. The molecule has 0 saturated carbocycles. The topological polar surface area (TPSA) is 76.7 Å². The number of rotatable bonds is 9. The summed E-state index contributed by atoms with van der Waals surface area (Å²) in [4.78, 5) is 24.9. The van der Waals surface area contributed by atoms with Gasteiger partial charge in [0.05, 0.1) is 16.3 Å². The quantitative estimate of drug-likeness (QED) is 0.592. The first-order valence-corrected chi connectivity index (χ1v) is 9.46. The van der Waals surface area contributed by atoms with Gasteiger partial charge in [0.2, 0.25) is 0 Å². The lowest BCUT2D eigenvalue weighted by Crippen LogP contribution is -2.32. The van der Waals surface area contributed by atoms with E-state index in [2.05, 4.69) is 10.6 Å². The van der Waals surface area contributed by atoms with Crippen LogP contribution in [0.5, 0.6) is 5.75 Å². The number of nitrogens with one attached hydrogen (secondary N) is 2. The van der Waals surface area contributed by atoms with Crippen molar-refractivity contribution in [2.75, 3.05) is 25.6 Å². The van der Waals surface area contributed by atoms with Crippen LogP contribution >= 0.6 is 23.2 Å². The Morgan fingerprint density at radius 1 is 1.14 bits per heavy atom. The summed E-state index contributed by atoms with van der Waals surface area (Å²) in [5.41, 5.74) is 0.763. The number of hydrogen-bond donors (Lipinski definition) is 2. The summed E-state index contributed by atoms with van der Waals surface area (Å²) in [6, 6.07) is 11.5. The van der Waals surface area contributed by atoms with Crippen molar-refractivity contribution in [2.45, 2.75) is 19.4 Å². The number of carbonyl (C=O) groups excluding carboxylic acids is 2. The molecule has 8 heteroatoms. The summed E-state index contributed by atoms with van der Waals surface area (Å²) in [6.07, 6.45) is -0.139. The van der Waals surface area contributed by atoms with Crippen molar-refractivity contribution in [3.05, 3.63) is 58.1 Å². The Kier molecular flexibility index (Phi) is 8.57. The molecule has 0 bridgehead atoms. The van der Waals surface area contributed by atoms with E-state index in [9.17, 15) is 9.59 Å². The molecule has 2 aromatic carbocycles. The number of hydrogen-bond acceptors (Lipinski definition) is 4. The zero-order valence-corrected chi connectivity index (χ0v) is 17.1. The van der Waals surface area contributed by atoms with Crippen LogP contribution in [-0.4, -0.2) is 38.2 Å². The number of anilines is 1. The summed E-state index contributed by atoms with van der Waals surface area (Å²) >= 11 is 11.9. The Morgan fingerprint density at radius 3 is 2.61 bits per heavy atom. The molecule has 0 fully saturated rings. The second-order valence-corrected chi connectivity index (χ2v) is 6.82. The Hall–Kier alpha value is -2.28. The largest absolute Gasteiger partial charge is 0.479 e. The third kappa shape index (κ3) is 6.41. The highest BCUT2D eigenvalue weighted by Gasteiger charge is 2.19. The third-order valence-corrected chi connectivity index (χ3v) is 4.34. The fourth-order valence-corrected chi connectivity index (χ4v) is 2.81. The van der Waals surface area contributed by atoms with Crippen molar-refractivity contribution >= 4 is 40.7 Å². The van der Waals surface area contributed by atoms with E-state index in [0.717, 1.165) is 0 Å². The van der Waals surface area contributed by atoms with Crippen molar-refractivity contribution in [3.8, 4) is 5.75 Å². The minimum atomic E-state index is -0.837. The van der Waals surface area contributed by atoms with E-state index < -0.39 is 12.0 Å². The van der Waals surface area contributed by atoms with E-state index in [1.165, 1.54) is 6.07 Å². The SMILES string of the molecule is COCCCNC(=O)c1ccccc1NC(=O)C(C)Oc1ccc(Cl)cc1Cl. The molecule has 0 heterocycles. The third-order valence-electron chi connectivity index (χ3n) is 3.81. The van der Waals surface area contributed by atoms with E-state index in [0.29, 0.717) is 46.6 Å². The Bertz CT molecular complexity index is 830. The van der Waals surface area contributed by atoms with E-state index in [-0.39, 0.29) is 5.91 Å². The fourth-order valence-electron chi connectivity index (χ4n) is 2.35. The number of benzene rings is 2. The van der Waals surface area contributed by atoms with Crippen LogP contribution in [0.1, 0.15) is 23.7 Å². The minimum absolute atomic E-state index is 0.277. The van der Waals surface area contributed by atoms with Gasteiger partial charge in [0.1, 0.15) is 5.75 Å².